The van der Waals surface area contributed by atoms with Gasteiger partial charge in [-0.15, -0.1) is 10.2 Å². The van der Waals surface area contributed by atoms with Crippen molar-refractivity contribution in [3.63, 3.8) is 0 Å². The van der Waals surface area contributed by atoms with E-state index in [-0.39, 0.29) is 28.5 Å². The number of nitrogens with zero attached hydrogens (tertiary/aromatic N) is 3. The quantitative estimate of drug-likeness (QED) is 0.345. The Kier molecular flexibility index (Phi) is 8.87. The summed E-state index contributed by atoms with van der Waals surface area (Å²) in [6, 6.07) is 9.64. The Balaban J connectivity index is 1.68. The molecule has 0 saturated heterocycles. The number of thioether (sulfide) groups is 1. The maximum atomic E-state index is 12.9. The fourth-order valence-electron chi connectivity index (χ4n) is 3.14. The van der Waals surface area contributed by atoms with Crippen LogP contribution in [0, 0.1) is 12.8 Å². The number of benzene rings is 2. The van der Waals surface area contributed by atoms with Crippen LogP contribution in [-0.4, -0.2) is 32.3 Å². The van der Waals surface area contributed by atoms with Crippen LogP contribution < -0.4 is 10.6 Å². The Hall–Kier alpha value is -2.26. The molecule has 0 aliphatic carbocycles. The fraction of sp³-hybridized carbons (Fsp3) is 0.304. The minimum atomic E-state index is -0.422. The van der Waals surface area contributed by atoms with Gasteiger partial charge in [0.2, 0.25) is 5.91 Å². The van der Waals surface area contributed by atoms with E-state index >= 15 is 0 Å². The van der Waals surface area contributed by atoms with Crippen LogP contribution in [0.25, 0.3) is 0 Å². The van der Waals surface area contributed by atoms with E-state index in [0.717, 1.165) is 5.56 Å². The molecule has 0 unspecified atom stereocenters. The molecule has 34 heavy (non-hydrogen) atoms. The van der Waals surface area contributed by atoms with E-state index in [9.17, 15) is 9.59 Å². The smallest absolute Gasteiger partial charge is 0.253 e. The number of amides is 2. The molecule has 2 amide bonds. The van der Waals surface area contributed by atoms with Crippen LogP contribution in [0.1, 0.15) is 41.6 Å². The molecule has 3 rings (SSSR count). The molecule has 7 nitrogen and oxygen atoms in total. The number of halogens is 3. The van der Waals surface area contributed by atoms with E-state index in [2.05, 4.69) is 20.8 Å². The number of hydrogen-bond acceptors (Lipinski definition) is 5. The highest BCUT2D eigenvalue weighted by Crippen LogP contribution is 2.27. The Labute approximate surface area is 217 Å². The molecule has 0 saturated carbocycles. The first-order chi connectivity index (χ1) is 16.1. The van der Waals surface area contributed by atoms with Crippen molar-refractivity contribution in [3.05, 3.63) is 68.4 Å². The average molecular weight is 541 g/mol. The first kappa shape index (κ1) is 26.3. The molecule has 3 aromatic rings. The summed E-state index contributed by atoms with van der Waals surface area (Å²) in [5.41, 5.74) is 1.88. The first-order valence-electron chi connectivity index (χ1n) is 10.4. The molecule has 180 valence electrons. The molecule has 1 aromatic heterocycles. The molecule has 2 aromatic carbocycles. The number of carbonyl (C=O) groups is 2. The molecular formula is C23H24Cl3N5O2S. The molecule has 0 aliphatic rings. The van der Waals surface area contributed by atoms with Gasteiger partial charge in [-0.1, -0.05) is 66.5 Å². The molecule has 2 N–H and O–H groups in total. The number of anilines is 1. The van der Waals surface area contributed by atoms with Gasteiger partial charge in [0.15, 0.2) is 11.0 Å². The van der Waals surface area contributed by atoms with Crippen molar-refractivity contribution in [2.75, 3.05) is 11.1 Å². The predicted octanol–water partition coefficient (Wildman–Crippen LogP) is 5.94. The monoisotopic (exact) mass is 539 g/mol. The maximum Gasteiger partial charge on any atom is 0.253 e. The molecule has 0 bridgehead atoms. The number of aromatic nitrogens is 3. The largest absolute Gasteiger partial charge is 0.342 e. The van der Waals surface area contributed by atoms with Gasteiger partial charge in [0.1, 0.15) is 0 Å². The molecule has 11 heteroatoms. The zero-order valence-electron chi connectivity index (χ0n) is 19.0. The second kappa shape index (κ2) is 11.4. The average Bonchev–Trinajstić information content (AvgIpc) is 3.12. The highest BCUT2D eigenvalue weighted by Gasteiger charge is 2.26. The number of carbonyl (C=O) groups excluding carboxylic acids is 2. The third-order valence-electron chi connectivity index (χ3n) is 5.06. The van der Waals surface area contributed by atoms with Gasteiger partial charge >= 0.3 is 0 Å². The Morgan fingerprint density at radius 1 is 1.06 bits per heavy atom. The molecular weight excluding hydrogens is 517 g/mol. The number of hydrogen-bond donors (Lipinski definition) is 2. The van der Waals surface area contributed by atoms with E-state index in [1.807, 2.05) is 26.8 Å². The molecule has 0 fully saturated rings. The van der Waals surface area contributed by atoms with Gasteiger partial charge in [0.25, 0.3) is 5.91 Å². The summed E-state index contributed by atoms with van der Waals surface area (Å²) in [4.78, 5) is 25.2. The van der Waals surface area contributed by atoms with Crippen LogP contribution in [0.5, 0.6) is 0 Å². The second-order valence-corrected chi connectivity index (χ2v) is 10.2. The normalized spacial score (nSPS) is 12.0. The lowest BCUT2D eigenvalue weighted by molar-refractivity contribution is -0.113. The van der Waals surface area contributed by atoms with Crippen molar-refractivity contribution in [3.8, 4) is 0 Å². The van der Waals surface area contributed by atoms with Crippen molar-refractivity contribution in [2.24, 2.45) is 13.0 Å². The lowest BCUT2D eigenvalue weighted by Crippen LogP contribution is -2.33. The van der Waals surface area contributed by atoms with Crippen molar-refractivity contribution < 1.29 is 9.59 Å². The summed E-state index contributed by atoms with van der Waals surface area (Å²) in [6.45, 7) is 5.83. The lowest BCUT2D eigenvalue weighted by atomic mass is 10.0. The number of nitrogens with one attached hydrogen (secondary N) is 2. The zero-order chi connectivity index (χ0) is 25.0. The zero-order valence-corrected chi connectivity index (χ0v) is 22.1. The Morgan fingerprint density at radius 3 is 2.44 bits per heavy atom. The summed E-state index contributed by atoms with van der Waals surface area (Å²) >= 11 is 19.5. The highest BCUT2D eigenvalue weighted by atomic mass is 35.5. The van der Waals surface area contributed by atoms with E-state index in [1.54, 1.807) is 35.9 Å². The number of aryl methyl sites for hydroxylation is 1. The summed E-state index contributed by atoms with van der Waals surface area (Å²) in [5, 5.41) is 16.1. The maximum absolute atomic E-state index is 12.9. The Morgan fingerprint density at radius 2 is 1.79 bits per heavy atom. The lowest BCUT2D eigenvalue weighted by Gasteiger charge is -2.22. The summed E-state index contributed by atoms with van der Waals surface area (Å²) < 4.78 is 1.77. The minimum Gasteiger partial charge on any atom is -0.342 e. The third-order valence-corrected chi connectivity index (χ3v) is 7.04. The molecule has 1 heterocycles. The summed E-state index contributed by atoms with van der Waals surface area (Å²) in [6.07, 6.45) is 0. The molecule has 0 spiro atoms. The SMILES string of the molecule is Cc1ccc(NC(=O)CSc2nnc([C@H](NC(=O)c3ccc(Cl)cc3Cl)C(C)C)n2C)cc1Cl. The van der Waals surface area contributed by atoms with Crippen LogP contribution in [0.3, 0.4) is 0 Å². The summed E-state index contributed by atoms with van der Waals surface area (Å²) in [7, 11) is 1.80. The fourth-order valence-corrected chi connectivity index (χ4v) is 4.54. The summed E-state index contributed by atoms with van der Waals surface area (Å²) in [5.74, 6) is 0.192. The van der Waals surface area contributed by atoms with E-state index in [0.29, 0.717) is 32.3 Å². The predicted molar refractivity (Wildman–Crippen MR) is 138 cm³/mol. The second-order valence-electron chi connectivity index (χ2n) is 8.02. The van der Waals surface area contributed by atoms with E-state index < -0.39 is 6.04 Å². The third kappa shape index (κ3) is 6.44. The van der Waals surface area contributed by atoms with E-state index in [4.69, 9.17) is 34.8 Å². The van der Waals surface area contributed by atoms with Crippen molar-refractivity contribution >= 4 is 64.1 Å². The van der Waals surface area contributed by atoms with Crippen LogP contribution >= 0.6 is 46.6 Å². The van der Waals surface area contributed by atoms with Crippen molar-refractivity contribution in [1.82, 2.24) is 20.1 Å². The molecule has 0 aliphatic heterocycles. The van der Waals surface area contributed by atoms with Crippen LogP contribution in [0.4, 0.5) is 5.69 Å². The van der Waals surface area contributed by atoms with Crippen LogP contribution in [0.15, 0.2) is 41.6 Å². The Bertz CT molecular complexity index is 1220. The van der Waals surface area contributed by atoms with Crippen molar-refractivity contribution in [1.29, 1.82) is 0 Å². The van der Waals surface area contributed by atoms with Gasteiger partial charge in [-0.25, -0.2) is 0 Å². The van der Waals surface area contributed by atoms with Gasteiger partial charge in [-0.05, 0) is 48.7 Å². The topological polar surface area (TPSA) is 88.9 Å². The van der Waals surface area contributed by atoms with Crippen LogP contribution in [-0.2, 0) is 11.8 Å². The molecule has 1 atom stereocenters. The van der Waals surface area contributed by atoms with E-state index in [1.165, 1.54) is 17.8 Å². The van der Waals surface area contributed by atoms with Gasteiger partial charge < -0.3 is 15.2 Å². The van der Waals surface area contributed by atoms with Gasteiger partial charge in [-0.3, -0.25) is 9.59 Å². The highest BCUT2D eigenvalue weighted by molar-refractivity contribution is 7.99. The minimum absolute atomic E-state index is 0.0189. The molecule has 0 radical (unpaired) electrons. The first-order valence-corrected chi connectivity index (χ1v) is 12.5. The van der Waals surface area contributed by atoms with Crippen molar-refractivity contribution in [2.45, 2.75) is 32.0 Å². The van der Waals surface area contributed by atoms with Gasteiger partial charge in [0, 0.05) is 22.8 Å². The standard InChI is InChI=1S/C23H24Cl3N5O2S/c1-12(2)20(28-22(33)16-8-6-14(24)9-18(16)26)21-29-30-23(31(21)4)34-11-19(32)27-15-7-5-13(3)17(25)10-15/h5-10,12,20H,11H2,1-4H3,(H,27,32)(H,28,33)/t20-/m1/s1. The van der Waals surface area contributed by atoms with Gasteiger partial charge in [0.05, 0.1) is 22.4 Å². The number of rotatable bonds is 8. The van der Waals surface area contributed by atoms with Gasteiger partial charge in [-0.2, -0.15) is 0 Å². The van der Waals surface area contributed by atoms with Crippen LogP contribution in [0.2, 0.25) is 15.1 Å².